The van der Waals surface area contributed by atoms with Gasteiger partial charge in [0.2, 0.25) is 0 Å². The molecule has 0 unspecified atom stereocenters. The van der Waals surface area contributed by atoms with Crippen LogP contribution in [0.4, 0.5) is 0 Å². The van der Waals surface area contributed by atoms with Crippen LogP contribution in [0.25, 0.3) is 0 Å². The van der Waals surface area contributed by atoms with Gasteiger partial charge in [0.15, 0.2) is 0 Å². The van der Waals surface area contributed by atoms with Crippen molar-refractivity contribution in [2.24, 2.45) is 0 Å². The lowest BCUT2D eigenvalue weighted by atomic mass is 10.1. The first-order chi connectivity index (χ1) is 8.48. The lowest BCUT2D eigenvalue weighted by Crippen LogP contribution is -2.31. The summed E-state index contributed by atoms with van der Waals surface area (Å²) in [6.45, 7) is 6.24. The van der Waals surface area contributed by atoms with Crippen LogP contribution in [0.5, 0.6) is 0 Å². The zero-order valence-corrected chi connectivity index (χ0v) is 12.4. The molecule has 0 saturated heterocycles. The molecule has 0 heterocycles. The molecule has 1 aromatic rings. The van der Waals surface area contributed by atoms with Gasteiger partial charge in [-0.3, -0.25) is 4.79 Å². The SMILES string of the molecule is CNC(=O)c1ccc(CNCC(C)(C)SC)cc1. The highest BCUT2D eigenvalue weighted by molar-refractivity contribution is 7.99. The van der Waals surface area contributed by atoms with E-state index in [0.717, 1.165) is 13.1 Å². The van der Waals surface area contributed by atoms with Crippen molar-refractivity contribution in [1.82, 2.24) is 10.6 Å². The van der Waals surface area contributed by atoms with Gasteiger partial charge in [0.05, 0.1) is 0 Å². The highest BCUT2D eigenvalue weighted by Gasteiger charge is 2.14. The molecule has 100 valence electrons. The molecule has 1 amide bonds. The maximum atomic E-state index is 11.4. The van der Waals surface area contributed by atoms with E-state index in [0.29, 0.717) is 5.56 Å². The van der Waals surface area contributed by atoms with Gasteiger partial charge >= 0.3 is 0 Å². The number of rotatable bonds is 6. The highest BCUT2D eigenvalue weighted by atomic mass is 32.2. The molecule has 0 aromatic heterocycles. The second-order valence-electron chi connectivity index (χ2n) is 4.84. The zero-order valence-electron chi connectivity index (χ0n) is 11.5. The summed E-state index contributed by atoms with van der Waals surface area (Å²) >= 11 is 1.86. The molecule has 0 radical (unpaired) electrons. The summed E-state index contributed by atoms with van der Waals surface area (Å²) in [4.78, 5) is 11.4. The molecular weight excluding hydrogens is 244 g/mol. The van der Waals surface area contributed by atoms with Crippen LogP contribution < -0.4 is 10.6 Å². The van der Waals surface area contributed by atoms with E-state index in [4.69, 9.17) is 0 Å². The monoisotopic (exact) mass is 266 g/mol. The highest BCUT2D eigenvalue weighted by Crippen LogP contribution is 2.19. The smallest absolute Gasteiger partial charge is 0.251 e. The van der Waals surface area contributed by atoms with Crippen molar-refractivity contribution in [1.29, 1.82) is 0 Å². The fourth-order valence-electron chi connectivity index (χ4n) is 1.50. The number of carbonyl (C=O) groups excluding carboxylic acids is 1. The van der Waals surface area contributed by atoms with Gasteiger partial charge in [0, 0.05) is 30.4 Å². The van der Waals surface area contributed by atoms with Gasteiger partial charge in [-0.05, 0) is 37.8 Å². The van der Waals surface area contributed by atoms with Crippen molar-refractivity contribution in [2.45, 2.75) is 25.1 Å². The largest absolute Gasteiger partial charge is 0.355 e. The van der Waals surface area contributed by atoms with Gasteiger partial charge in [-0.25, -0.2) is 0 Å². The van der Waals surface area contributed by atoms with Gasteiger partial charge in [0.25, 0.3) is 5.91 Å². The molecule has 2 N–H and O–H groups in total. The predicted molar refractivity (Wildman–Crippen MR) is 79.1 cm³/mol. The number of benzene rings is 1. The predicted octanol–water partition coefficient (Wildman–Crippen LogP) is 2.28. The first-order valence-electron chi connectivity index (χ1n) is 6.05. The summed E-state index contributed by atoms with van der Waals surface area (Å²) in [7, 11) is 1.64. The molecule has 1 rings (SSSR count). The first kappa shape index (κ1) is 15.1. The van der Waals surface area contributed by atoms with Gasteiger partial charge < -0.3 is 10.6 Å². The van der Waals surface area contributed by atoms with Gasteiger partial charge in [-0.2, -0.15) is 11.8 Å². The molecule has 18 heavy (non-hydrogen) atoms. The van der Waals surface area contributed by atoms with Crippen LogP contribution >= 0.6 is 11.8 Å². The van der Waals surface area contributed by atoms with Crippen LogP contribution in [0.2, 0.25) is 0 Å². The number of nitrogens with one attached hydrogen (secondary N) is 2. The molecule has 4 heteroatoms. The van der Waals surface area contributed by atoms with E-state index in [-0.39, 0.29) is 10.7 Å². The van der Waals surface area contributed by atoms with Crippen molar-refractivity contribution < 1.29 is 4.79 Å². The standard InChI is InChI=1S/C14H22N2OS/c1-14(2,18-4)10-16-9-11-5-7-12(8-6-11)13(17)15-3/h5-8,16H,9-10H2,1-4H3,(H,15,17). The third-order valence-electron chi connectivity index (χ3n) is 2.88. The fourth-order valence-corrected chi connectivity index (χ4v) is 1.74. The Balaban J connectivity index is 2.47. The normalized spacial score (nSPS) is 11.3. The van der Waals surface area contributed by atoms with Crippen molar-refractivity contribution in [2.75, 3.05) is 19.8 Å². The van der Waals surface area contributed by atoms with Gasteiger partial charge in [-0.15, -0.1) is 0 Å². The van der Waals surface area contributed by atoms with Gasteiger partial charge in [0.1, 0.15) is 0 Å². The Bertz CT molecular complexity index is 387. The zero-order chi connectivity index (χ0) is 13.6. The van der Waals surface area contributed by atoms with Crippen molar-refractivity contribution >= 4 is 17.7 Å². The molecule has 0 saturated carbocycles. The number of hydrogen-bond acceptors (Lipinski definition) is 3. The number of amides is 1. The third kappa shape index (κ3) is 4.70. The first-order valence-corrected chi connectivity index (χ1v) is 7.28. The Morgan fingerprint density at radius 3 is 2.39 bits per heavy atom. The number of carbonyl (C=O) groups is 1. The summed E-state index contributed by atoms with van der Waals surface area (Å²) in [5.74, 6) is -0.0435. The van der Waals surface area contributed by atoms with E-state index in [1.807, 2.05) is 36.0 Å². The number of thioether (sulfide) groups is 1. The minimum absolute atomic E-state index is 0.0435. The summed E-state index contributed by atoms with van der Waals surface area (Å²) in [6, 6.07) is 7.69. The third-order valence-corrected chi connectivity index (χ3v) is 4.13. The topological polar surface area (TPSA) is 41.1 Å². The summed E-state index contributed by atoms with van der Waals surface area (Å²) < 4.78 is 0.252. The van der Waals surface area contributed by atoms with Crippen LogP contribution in [0, 0.1) is 0 Å². The van der Waals surface area contributed by atoms with Crippen LogP contribution in [0.1, 0.15) is 29.8 Å². The Kier molecular flexibility index (Phi) is 5.69. The average Bonchev–Trinajstić information content (AvgIpc) is 2.38. The van der Waals surface area contributed by atoms with Crippen molar-refractivity contribution in [3.8, 4) is 0 Å². The molecule has 0 aliphatic heterocycles. The molecule has 0 spiro atoms. The quantitative estimate of drug-likeness (QED) is 0.830. The van der Waals surface area contributed by atoms with Gasteiger partial charge in [-0.1, -0.05) is 12.1 Å². The molecule has 0 aliphatic rings. The minimum Gasteiger partial charge on any atom is -0.355 e. The summed E-state index contributed by atoms with van der Waals surface area (Å²) in [6.07, 6.45) is 2.12. The van der Waals surface area contributed by atoms with E-state index in [1.165, 1.54) is 5.56 Å². The van der Waals surface area contributed by atoms with Crippen molar-refractivity contribution in [3.05, 3.63) is 35.4 Å². The molecule has 0 bridgehead atoms. The molecular formula is C14H22N2OS. The summed E-state index contributed by atoms with van der Waals surface area (Å²) in [5, 5.41) is 6.05. The maximum absolute atomic E-state index is 11.4. The molecule has 3 nitrogen and oxygen atoms in total. The summed E-state index contributed by atoms with van der Waals surface area (Å²) in [5.41, 5.74) is 1.89. The van der Waals surface area contributed by atoms with E-state index < -0.39 is 0 Å². The Morgan fingerprint density at radius 2 is 1.89 bits per heavy atom. The van der Waals surface area contributed by atoms with E-state index in [1.54, 1.807) is 7.05 Å². The Morgan fingerprint density at radius 1 is 1.28 bits per heavy atom. The second kappa shape index (κ2) is 6.81. The van der Waals surface area contributed by atoms with Crippen molar-refractivity contribution in [3.63, 3.8) is 0 Å². The Hall–Kier alpha value is -1.00. The minimum atomic E-state index is -0.0435. The fraction of sp³-hybridized carbons (Fsp3) is 0.500. The maximum Gasteiger partial charge on any atom is 0.251 e. The lowest BCUT2D eigenvalue weighted by molar-refractivity contribution is 0.0963. The van der Waals surface area contributed by atoms with Crippen LogP contribution in [0.3, 0.4) is 0 Å². The number of hydrogen-bond donors (Lipinski definition) is 2. The van der Waals surface area contributed by atoms with E-state index in [9.17, 15) is 4.79 Å². The van der Waals surface area contributed by atoms with E-state index in [2.05, 4.69) is 30.7 Å². The van der Waals surface area contributed by atoms with Crippen LogP contribution in [-0.4, -0.2) is 30.5 Å². The van der Waals surface area contributed by atoms with Crippen LogP contribution in [-0.2, 0) is 6.54 Å². The van der Waals surface area contributed by atoms with E-state index >= 15 is 0 Å². The second-order valence-corrected chi connectivity index (χ2v) is 6.36. The molecule has 0 atom stereocenters. The molecule has 1 aromatic carbocycles. The lowest BCUT2D eigenvalue weighted by Gasteiger charge is -2.22. The average molecular weight is 266 g/mol. The molecule has 0 fully saturated rings. The molecule has 0 aliphatic carbocycles. The Labute approximate surface area is 114 Å². The van der Waals surface area contributed by atoms with Crippen LogP contribution in [0.15, 0.2) is 24.3 Å².